The molecule has 39 heavy (non-hydrogen) atoms. The summed E-state index contributed by atoms with van der Waals surface area (Å²) in [6.45, 7) is 0. The van der Waals surface area contributed by atoms with Gasteiger partial charge in [0.1, 0.15) is 17.3 Å². The fourth-order valence-electron chi connectivity index (χ4n) is 6.72. The molecular weight excluding hydrogens is 491 g/mol. The zero-order chi connectivity index (χ0) is 26.7. The van der Waals surface area contributed by atoms with Crippen molar-refractivity contribution >= 4 is 34.9 Å². The summed E-state index contributed by atoms with van der Waals surface area (Å²) in [5.74, 6) is -3.13. The van der Waals surface area contributed by atoms with Gasteiger partial charge in [-0.3, -0.25) is 14.4 Å². The third-order valence-corrected chi connectivity index (χ3v) is 8.29. The molecule has 4 aromatic carbocycles. The first-order valence-corrected chi connectivity index (χ1v) is 12.9. The van der Waals surface area contributed by atoms with Crippen LogP contribution in [0.2, 0.25) is 0 Å². The molecule has 0 radical (unpaired) electrons. The standard InChI is InChI=1S/C33H23FN2O3/c34-24-15-7-5-13-22(24)31(38)28-29(30(37)21-11-2-1-3-12-21)36-26-17-9-4-10-20(26)18-19-27(36)33(28)23-14-6-8-16-25(23)35-32(33)39/h1-19,27-29H,(H,35,39)/t27-,28+,29+,33-/m1/s1. The van der Waals surface area contributed by atoms with Crippen LogP contribution in [0.3, 0.4) is 0 Å². The van der Waals surface area contributed by atoms with Crippen LogP contribution in [-0.4, -0.2) is 29.6 Å². The molecule has 3 aliphatic heterocycles. The largest absolute Gasteiger partial charge is 0.352 e. The van der Waals surface area contributed by atoms with Crippen LogP contribution in [0.1, 0.15) is 31.8 Å². The van der Waals surface area contributed by atoms with Gasteiger partial charge in [-0.1, -0.05) is 91.0 Å². The van der Waals surface area contributed by atoms with Crippen molar-refractivity contribution in [3.8, 4) is 0 Å². The van der Waals surface area contributed by atoms with E-state index in [0.717, 1.165) is 11.3 Å². The van der Waals surface area contributed by atoms with Crippen molar-refractivity contribution < 1.29 is 18.8 Å². The number of carbonyl (C=O) groups excluding carboxylic acids is 3. The van der Waals surface area contributed by atoms with Crippen molar-refractivity contribution in [1.29, 1.82) is 0 Å². The number of para-hydroxylation sites is 2. The van der Waals surface area contributed by atoms with Crippen LogP contribution >= 0.6 is 0 Å². The maximum atomic E-state index is 15.2. The Hall–Kier alpha value is -4.84. The van der Waals surface area contributed by atoms with Gasteiger partial charge >= 0.3 is 0 Å². The molecule has 3 heterocycles. The van der Waals surface area contributed by atoms with Gasteiger partial charge < -0.3 is 10.2 Å². The third kappa shape index (κ3) is 3.15. The van der Waals surface area contributed by atoms with E-state index in [1.807, 2.05) is 65.6 Å². The van der Waals surface area contributed by atoms with Crippen LogP contribution in [-0.2, 0) is 10.2 Å². The first-order valence-electron chi connectivity index (χ1n) is 12.9. The Morgan fingerprint density at radius 2 is 1.49 bits per heavy atom. The molecule has 6 heteroatoms. The number of Topliss-reactive ketones (excluding diaryl/α,β-unsaturated/α-hetero) is 2. The average Bonchev–Trinajstić information content (AvgIpc) is 3.45. The van der Waals surface area contributed by atoms with Gasteiger partial charge in [-0.2, -0.15) is 0 Å². The number of nitrogens with zero attached hydrogens (tertiary/aromatic N) is 1. The minimum atomic E-state index is -1.46. The van der Waals surface area contributed by atoms with E-state index >= 15 is 4.39 Å². The zero-order valence-corrected chi connectivity index (χ0v) is 20.8. The number of ketones is 2. The van der Waals surface area contributed by atoms with E-state index in [9.17, 15) is 14.4 Å². The number of carbonyl (C=O) groups is 3. The quantitative estimate of drug-likeness (QED) is 0.356. The Morgan fingerprint density at radius 1 is 0.795 bits per heavy atom. The third-order valence-electron chi connectivity index (χ3n) is 8.29. The highest BCUT2D eigenvalue weighted by Gasteiger charge is 2.70. The Morgan fingerprint density at radius 3 is 2.31 bits per heavy atom. The van der Waals surface area contributed by atoms with Crippen LogP contribution in [0.5, 0.6) is 0 Å². The van der Waals surface area contributed by atoms with E-state index in [1.54, 1.807) is 36.4 Å². The molecule has 0 unspecified atom stereocenters. The molecule has 0 aliphatic carbocycles. The first kappa shape index (κ1) is 23.3. The van der Waals surface area contributed by atoms with Gasteiger partial charge in [0, 0.05) is 16.9 Å². The van der Waals surface area contributed by atoms with Crippen molar-refractivity contribution in [2.45, 2.75) is 17.5 Å². The Bertz CT molecular complexity index is 1700. The molecule has 4 atom stereocenters. The van der Waals surface area contributed by atoms with Gasteiger partial charge in [0.05, 0.1) is 17.5 Å². The number of anilines is 2. The van der Waals surface area contributed by atoms with E-state index < -0.39 is 35.0 Å². The lowest BCUT2D eigenvalue weighted by Crippen LogP contribution is -2.51. The van der Waals surface area contributed by atoms with E-state index in [2.05, 4.69) is 5.32 Å². The molecular formula is C33H23FN2O3. The summed E-state index contributed by atoms with van der Waals surface area (Å²) in [7, 11) is 0. The van der Waals surface area contributed by atoms with Gasteiger partial charge in [0.15, 0.2) is 11.6 Å². The normalized spacial score (nSPS) is 24.2. The smallest absolute Gasteiger partial charge is 0.238 e. The first-order chi connectivity index (χ1) is 19.0. The van der Waals surface area contributed by atoms with Gasteiger partial charge in [-0.25, -0.2) is 4.39 Å². The summed E-state index contributed by atoms with van der Waals surface area (Å²) in [4.78, 5) is 45.2. The number of nitrogens with one attached hydrogen (secondary N) is 1. The summed E-state index contributed by atoms with van der Waals surface area (Å²) in [5, 5.41) is 2.98. The number of amides is 1. The number of hydrogen-bond donors (Lipinski definition) is 1. The summed E-state index contributed by atoms with van der Waals surface area (Å²) in [5.41, 5.74) is 1.67. The van der Waals surface area contributed by atoms with Crippen molar-refractivity contribution in [3.63, 3.8) is 0 Å². The highest BCUT2D eigenvalue weighted by molar-refractivity contribution is 6.18. The monoisotopic (exact) mass is 514 g/mol. The Labute approximate surface area is 224 Å². The van der Waals surface area contributed by atoms with Crippen molar-refractivity contribution in [1.82, 2.24) is 0 Å². The zero-order valence-electron chi connectivity index (χ0n) is 20.8. The second-order valence-corrected chi connectivity index (χ2v) is 10.1. The van der Waals surface area contributed by atoms with E-state index in [1.165, 1.54) is 18.2 Å². The van der Waals surface area contributed by atoms with E-state index in [-0.39, 0.29) is 17.3 Å². The molecule has 3 aliphatic rings. The van der Waals surface area contributed by atoms with E-state index in [4.69, 9.17) is 0 Å². The number of halogens is 1. The summed E-state index contributed by atoms with van der Waals surface area (Å²) < 4.78 is 15.2. The van der Waals surface area contributed by atoms with Crippen LogP contribution in [0.4, 0.5) is 15.8 Å². The fourth-order valence-corrected chi connectivity index (χ4v) is 6.72. The number of rotatable bonds is 4. The molecule has 0 bridgehead atoms. The average molecular weight is 515 g/mol. The molecule has 1 amide bonds. The summed E-state index contributed by atoms with van der Waals surface area (Å²) >= 11 is 0. The Balaban J connectivity index is 1.56. The van der Waals surface area contributed by atoms with Crippen molar-refractivity contribution in [2.24, 2.45) is 5.92 Å². The molecule has 1 N–H and O–H groups in total. The van der Waals surface area contributed by atoms with Gasteiger partial charge in [-0.15, -0.1) is 0 Å². The molecule has 1 fully saturated rings. The maximum Gasteiger partial charge on any atom is 0.238 e. The minimum Gasteiger partial charge on any atom is -0.352 e. The van der Waals surface area contributed by atoms with Crippen LogP contribution in [0, 0.1) is 11.7 Å². The molecule has 0 aromatic heterocycles. The van der Waals surface area contributed by atoms with Crippen molar-refractivity contribution in [2.75, 3.05) is 10.2 Å². The number of hydrogen-bond acceptors (Lipinski definition) is 4. The summed E-state index contributed by atoms with van der Waals surface area (Å²) in [6.07, 6.45) is 3.84. The van der Waals surface area contributed by atoms with Crippen molar-refractivity contribution in [3.05, 3.63) is 137 Å². The van der Waals surface area contributed by atoms with Crippen LogP contribution < -0.4 is 10.2 Å². The SMILES string of the molecule is O=C(c1ccccc1)[C@@H]1[C@@H](C(=O)c2ccccc2F)[C@]2(C(=O)Nc3ccccc32)[C@H]2C=Cc3ccccc3N12. The predicted octanol–water partition coefficient (Wildman–Crippen LogP) is 5.68. The molecule has 0 saturated carbocycles. The second-order valence-electron chi connectivity index (χ2n) is 10.1. The maximum absolute atomic E-state index is 15.2. The molecule has 1 spiro atoms. The second kappa shape index (κ2) is 8.60. The minimum absolute atomic E-state index is 0.137. The fraction of sp³-hybridized carbons (Fsp3) is 0.121. The summed E-state index contributed by atoms with van der Waals surface area (Å²) in [6, 6.07) is 27.7. The van der Waals surface area contributed by atoms with Crippen LogP contribution in [0.25, 0.3) is 6.08 Å². The van der Waals surface area contributed by atoms with Gasteiger partial charge in [-0.05, 0) is 35.4 Å². The predicted molar refractivity (Wildman–Crippen MR) is 147 cm³/mol. The molecule has 7 rings (SSSR count). The number of benzene rings is 4. The molecule has 1 saturated heterocycles. The molecule has 5 nitrogen and oxygen atoms in total. The van der Waals surface area contributed by atoms with Crippen LogP contribution in [0.15, 0.2) is 109 Å². The molecule has 190 valence electrons. The topological polar surface area (TPSA) is 66.5 Å². The number of fused-ring (bicyclic) bond motifs is 6. The van der Waals surface area contributed by atoms with Gasteiger partial charge in [0.25, 0.3) is 0 Å². The lowest BCUT2D eigenvalue weighted by atomic mass is 9.64. The van der Waals surface area contributed by atoms with E-state index in [0.29, 0.717) is 16.8 Å². The van der Waals surface area contributed by atoms with Gasteiger partial charge in [0.2, 0.25) is 5.91 Å². The highest BCUT2D eigenvalue weighted by Crippen LogP contribution is 2.58. The molecule has 4 aromatic rings. The highest BCUT2D eigenvalue weighted by atomic mass is 19.1. The Kier molecular flexibility index (Phi) is 5.13. The lowest BCUT2D eigenvalue weighted by molar-refractivity contribution is -0.121. The lowest BCUT2D eigenvalue weighted by Gasteiger charge is -2.37.